The van der Waals surface area contributed by atoms with Crippen LogP contribution in [-0.2, 0) is 9.53 Å². The lowest BCUT2D eigenvalue weighted by Crippen LogP contribution is -2.49. The average Bonchev–Trinajstić information content (AvgIpc) is 2.19. The monoisotopic (exact) mass is 238 g/mol. The Morgan fingerprint density at radius 2 is 2.00 bits per heavy atom. The normalized spacial score (nSPS) is 38.9. The summed E-state index contributed by atoms with van der Waals surface area (Å²) in [5.41, 5.74) is 0.163. The second kappa shape index (κ2) is 4.38. The van der Waals surface area contributed by atoms with Gasteiger partial charge in [-0.1, -0.05) is 13.3 Å². The van der Waals surface area contributed by atoms with Gasteiger partial charge in [-0.15, -0.1) is 0 Å². The van der Waals surface area contributed by atoms with Crippen LogP contribution < -0.4 is 0 Å². The van der Waals surface area contributed by atoms with Gasteiger partial charge in [-0.2, -0.15) is 0 Å². The molecule has 0 aromatic heterocycles. The molecule has 2 fully saturated rings. The van der Waals surface area contributed by atoms with E-state index in [-0.39, 0.29) is 11.0 Å². The van der Waals surface area contributed by atoms with Crippen LogP contribution in [0.3, 0.4) is 0 Å². The predicted molar refractivity (Wildman–Crippen MR) is 68.9 cm³/mol. The molecule has 2 heteroatoms. The summed E-state index contributed by atoms with van der Waals surface area (Å²) in [6.45, 7) is 8.75. The third-order valence-corrected chi connectivity index (χ3v) is 4.60. The second-order valence-corrected chi connectivity index (χ2v) is 7.10. The number of ketones is 1. The van der Waals surface area contributed by atoms with Gasteiger partial charge in [0.25, 0.3) is 0 Å². The van der Waals surface area contributed by atoms with Gasteiger partial charge in [0, 0.05) is 12.8 Å². The molecule has 2 aliphatic carbocycles. The van der Waals surface area contributed by atoms with Crippen LogP contribution in [-0.4, -0.2) is 17.5 Å². The number of hydrogen-bond donors (Lipinski definition) is 0. The summed E-state index contributed by atoms with van der Waals surface area (Å²) in [5, 5.41) is 0. The Hall–Kier alpha value is -0.370. The third kappa shape index (κ3) is 2.73. The molecule has 2 aliphatic rings. The zero-order valence-corrected chi connectivity index (χ0v) is 11.7. The van der Waals surface area contributed by atoms with Crippen LogP contribution >= 0.6 is 0 Å². The van der Waals surface area contributed by atoms with E-state index in [1.165, 1.54) is 19.3 Å². The van der Waals surface area contributed by atoms with Gasteiger partial charge in [-0.3, -0.25) is 4.79 Å². The van der Waals surface area contributed by atoms with Gasteiger partial charge in [-0.25, -0.2) is 0 Å². The fourth-order valence-electron chi connectivity index (χ4n) is 3.58. The molecule has 17 heavy (non-hydrogen) atoms. The molecule has 0 aliphatic heterocycles. The van der Waals surface area contributed by atoms with Gasteiger partial charge in [0.1, 0.15) is 5.78 Å². The van der Waals surface area contributed by atoms with Gasteiger partial charge in [0.2, 0.25) is 0 Å². The van der Waals surface area contributed by atoms with E-state index < -0.39 is 0 Å². The molecule has 0 N–H and O–H groups in total. The van der Waals surface area contributed by atoms with E-state index >= 15 is 0 Å². The van der Waals surface area contributed by atoms with Crippen LogP contribution in [0.1, 0.15) is 66.2 Å². The van der Waals surface area contributed by atoms with Gasteiger partial charge in [0.05, 0.1) is 11.7 Å². The number of hydrogen-bond acceptors (Lipinski definition) is 2. The first kappa shape index (κ1) is 13.1. The number of rotatable bonds is 1. The van der Waals surface area contributed by atoms with E-state index in [0.717, 1.165) is 19.3 Å². The molecular formula is C15H26O2. The Morgan fingerprint density at radius 1 is 1.29 bits per heavy atom. The summed E-state index contributed by atoms with van der Waals surface area (Å²) in [6.07, 6.45) is 6.52. The van der Waals surface area contributed by atoms with Crippen molar-refractivity contribution in [3.05, 3.63) is 0 Å². The molecular weight excluding hydrogens is 212 g/mol. The fourth-order valence-corrected chi connectivity index (χ4v) is 3.58. The second-order valence-electron chi connectivity index (χ2n) is 7.10. The van der Waals surface area contributed by atoms with Crippen molar-refractivity contribution in [2.75, 3.05) is 0 Å². The molecule has 0 spiro atoms. The van der Waals surface area contributed by atoms with Crippen LogP contribution in [0, 0.1) is 11.3 Å². The van der Waals surface area contributed by atoms with E-state index in [1.54, 1.807) is 0 Å². The van der Waals surface area contributed by atoms with Crippen molar-refractivity contribution in [1.82, 2.24) is 0 Å². The van der Waals surface area contributed by atoms with E-state index in [9.17, 15) is 4.79 Å². The van der Waals surface area contributed by atoms with Crippen molar-refractivity contribution in [3.8, 4) is 0 Å². The Bertz CT molecular complexity index is 303. The van der Waals surface area contributed by atoms with Crippen molar-refractivity contribution < 1.29 is 9.53 Å². The van der Waals surface area contributed by atoms with Crippen LogP contribution in [0.4, 0.5) is 0 Å². The molecule has 0 unspecified atom stereocenters. The summed E-state index contributed by atoms with van der Waals surface area (Å²) < 4.78 is 6.28. The number of carbonyl (C=O) groups is 1. The number of ether oxygens (including phenoxy) is 1. The summed E-state index contributed by atoms with van der Waals surface area (Å²) in [7, 11) is 0. The van der Waals surface area contributed by atoms with Crippen LogP contribution in [0.15, 0.2) is 0 Å². The maximum atomic E-state index is 11.6. The zero-order chi connectivity index (χ0) is 12.7. The lowest BCUT2D eigenvalue weighted by atomic mass is 9.58. The molecule has 0 aromatic rings. The molecule has 0 heterocycles. The minimum absolute atomic E-state index is 0.0724. The van der Waals surface area contributed by atoms with Gasteiger partial charge < -0.3 is 4.74 Å². The molecule has 0 aromatic carbocycles. The topological polar surface area (TPSA) is 26.3 Å². The molecule has 2 rings (SSSR count). The highest BCUT2D eigenvalue weighted by Crippen LogP contribution is 2.51. The van der Waals surface area contributed by atoms with Crippen molar-refractivity contribution in [3.63, 3.8) is 0 Å². The SMILES string of the molecule is CC(C)(C)O[C@@H]1CCC[C@@H]2CC(=O)CC[C@]21C. The minimum atomic E-state index is -0.0724. The lowest BCUT2D eigenvalue weighted by Gasteiger charge is -2.51. The molecule has 2 nitrogen and oxygen atoms in total. The van der Waals surface area contributed by atoms with Crippen molar-refractivity contribution in [2.24, 2.45) is 11.3 Å². The van der Waals surface area contributed by atoms with Crippen LogP contribution in [0.5, 0.6) is 0 Å². The van der Waals surface area contributed by atoms with E-state index in [1.807, 2.05) is 0 Å². The minimum Gasteiger partial charge on any atom is -0.372 e. The molecule has 0 bridgehead atoms. The fraction of sp³-hybridized carbons (Fsp3) is 0.933. The van der Waals surface area contributed by atoms with Crippen molar-refractivity contribution in [1.29, 1.82) is 0 Å². The molecule has 2 saturated carbocycles. The summed E-state index contributed by atoms with van der Waals surface area (Å²) >= 11 is 0. The van der Waals surface area contributed by atoms with Crippen LogP contribution in [0.2, 0.25) is 0 Å². The molecule has 0 amide bonds. The predicted octanol–water partition coefficient (Wildman–Crippen LogP) is 3.73. The quantitative estimate of drug-likeness (QED) is 0.696. The largest absolute Gasteiger partial charge is 0.372 e. The Balaban J connectivity index is 2.14. The molecule has 0 saturated heterocycles. The molecule has 98 valence electrons. The lowest BCUT2D eigenvalue weighted by molar-refractivity contribution is -0.163. The third-order valence-electron chi connectivity index (χ3n) is 4.60. The molecule has 0 radical (unpaired) electrons. The maximum absolute atomic E-state index is 11.6. The van der Waals surface area contributed by atoms with E-state index in [0.29, 0.717) is 17.8 Å². The van der Waals surface area contributed by atoms with E-state index in [2.05, 4.69) is 27.7 Å². The standard InChI is InChI=1S/C15H26O2/c1-14(2,3)17-13-7-5-6-11-10-12(16)8-9-15(11,13)4/h11,13H,5-10H2,1-4H3/t11-,13-,15-/m1/s1. The number of fused-ring (bicyclic) bond motifs is 1. The van der Waals surface area contributed by atoms with Gasteiger partial charge in [0.15, 0.2) is 0 Å². The molecule has 3 atom stereocenters. The maximum Gasteiger partial charge on any atom is 0.133 e. The highest BCUT2D eigenvalue weighted by molar-refractivity contribution is 5.79. The Morgan fingerprint density at radius 3 is 2.65 bits per heavy atom. The Kier molecular flexibility index (Phi) is 3.37. The first-order valence-corrected chi connectivity index (χ1v) is 7.01. The average molecular weight is 238 g/mol. The number of Topliss-reactive ketones (excluding diaryl/α,β-unsaturated/α-hetero) is 1. The van der Waals surface area contributed by atoms with Gasteiger partial charge in [-0.05, 0) is 51.4 Å². The smallest absolute Gasteiger partial charge is 0.133 e. The summed E-state index contributed by atoms with van der Waals surface area (Å²) in [4.78, 5) is 11.6. The highest BCUT2D eigenvalue weighted by atomic mass is 16.5. The van der Waals surface area contributed by atoms with E-state index in [4.69, 9.17) is 4.74 Å². The first-order chi connectivity index (χ1) is 7.81. The Labute approximate surface area is 105 Å². The van der Waals surface area contributed by atoms with Gasteiger partial charge >= 0.3 is 0 Å². The van der Waals surface area contributed by atoms with Crippen LogP contribution in [0.25, 0.3) is 0 Å². The summed E-state index contributed by atoms with van der Waals surface area (Å²) in [6, 6.07) is 0. The number of carbonyl (C=O) groups excluding carboxylic acids is 1. The highest BCUT2D eigenvalue weighted by Gasteiger charge is 2.48. The van der Waals surface area contributed by atoms with Crippen molar-refractivity contribution >= 4 is 5.78 Å². The zero-order valence-electron chi connectivity index (χ0n) is 11.7. The van der Waals surface area contributed by atoms with Crippen molar-refractivity contribution in [2.45, 2.75) is 77.9 Å². The first-order valence-electron chi connectivity index (χ1n) is 7.01. The summed E-state index contributed by atoms with van der Waals surface area (Å²) in [5.74, 6) is 1.02.